The van der Waals surface area contributed by atoms with Gasteiger partial charge in [0.2, 0.25) is 0 Å². The molecule has 0 saturated carbocycles. The van der Waals surface area contributed by atoms with Crippen LogP contribution in [0.4, 0.5) is 15.8 Å². The molecular formula is C16H14FN3. The predicted octanol–water partition coefficient (Wildman–Crippen LogP) is 3.81. The molecule has 20 heavy (non-hydrogen) atoms. The third-order valence-corrected chi connectivity index (χ3v) is 2.93. The third-order valence-electron chi connectivity index (χ3n) is 2.93. The zero-order chi connectivity index (χ0) is 13.8. The summed E-state index contributed by atoms with van der Waals surface area (Å²) in [6.45, 7) is 0.714. The van der Waals surface area contributed by atoms with Crippen molar-refractivity contribution in [2.45, 2.75) is 6.54 Å². The standard InChI is InChI=1S/C16H14FN3/c17-14-7-4-8-15(9-14)19-16-10-18-20(12-16)11-13-5-2-1-3-6-13/h1-10,12,19H,11H2. The first-order valence-corrected chi connectivity index (χ1v) is 6.38. The van der Waals surface area contributed by atoms with Crippen LogP contribution in [0.1, 0.15) is 5.56 Å². The molecule has 3 rings (SSSR count). The maximum absolute atomic E-state index is 13.1. The lowest BCUT2D eigenvalue weighted by Crippen LogP contribution is -1.99. The van der Waals surface area contributed by atoms with Crippen molar-refractivity contribution < 1.29 is 4.39 Å². The van der Waals surface area contributed by atoms with E-state index in [-0.39, 0.29) is 5.82 Å². The Kier molecular flexibility index (Phi) is 3.46. The van der Waals surface area contributed by atoms with Crippen LogP contribution in [0.25, 0.3) is 0 Å². The molecule has 2 aromatic carbocycles. The molecule has 0 amide bonds. The molecule has 0 bridgehead atoms. The van der Waals surface area contributed by atoms with E-state index in [1.807, 2.05) is 35.1 Å². The molecule has 0 atom stereocenters. The molecule has 3 nitrogen and oxygen atoms in total. The minimum absolute atomic E-state index is 0.258. The molecule has 0 spiro atoms. The molecule has 0 aliphatic carbocycles. The van der Waals surface area contributed by atoms with Crippen LogP contribution >= 0.6 is 0 Å². The maximum Gasteiger partial charge on any atom is 0.125 e. The molecule has 0 radical (unpaired) electrons. The number of aromatic nitrogens is 2. The number of nitrogens with one attached hydrogen (secondary N) is 1. The van der Waals surface area contributed by atoms with E-state index in [1.165, 1.54) is 17.7 Å². The van der Waals surface area contributed by atoms with E-state index in [2.05, 4.69) is 22.5 Å². The van der Waals surface area contributed by atoms with Gasteiger partial charge in [0.25, 0.3) is 0 Å². The fourth-order valence-electron chi connectivity index (χ4n) is 2.02. The van der Waals surface area contributed by atoms with Crippen LogP contribution in [0.3, 0.4) is 0 Å². The number of anilines is 2. The normalized spacial score (nSPS) is 10.4. The maximum atomic E-state index is 13.1. The number of rotatable bonds is 4. The molecule has 1 heterocycles. The Morgan fingerprint density at radius 1 is 1.00 bits per heavy atom. The van der Waals surface area contributed by atoms with Gasteiger partial charge in [-0.3, -0.25) is 4.68 Å². The molecule has 4 heteroatoms. The number of halogens is 1. The second-order valence-corrected chi connectivity index (χ2v) is 4.55. The molecule has 1 N–H and O–H groups in total. The highest BCUT2D eigenvalue weighted by atomic mass is 19.1. The van der Waals surface area contributed by atoms with Gasteiger partial charge in [-0.25, -0.2) is 4.39 Å². The Morgan fingerprint density at radius 3 is 2.65 bits per heavy atom. The van der Waals surface area contributed by atoms with Crippen LogP contribution in [0.2, 0.25) is 0 Å². The first-order valence-electron chi connectivity index (χ1n) is 6.38. The quantitative estimate of drug-likeness (QED) is 0.779. The molecule has 3 aromatic rings. The monoisotopic (exact) mass is 267 g/mol. The van der Waals surface area contributed by atoms with Crippen LogP contribution in [0, 0.1) is 5.82 Å². The minimum Gasteiger partial charge on any atom is -0.353 e. The molecule has 0 aliphatic rings. The molecule has 0 unspecified atom stereocenters. The predicted molar refractivity (Wildman–Crippen MR) is 77.5 cm³/mol. The Balaban J connectivity index is 1.71. The first kappa shape index (κ1) is 12.4. The summed E-state index contributed by atoms with van der Waals surface area (Å²) in [5, 5.41) is 7.42. The molecule has 1 aromatic heterocycles. The van der Waals surface area contributed by atoms with Crippen LogP contribution < -0.4 is 5.32 Å². The van der Waals surface area contributed by atoms with Crippen LogP contribution in [0.15, 0.2) is 67.0 Å². The van der Waals surface area contributed by atoms with Crippen molar-refractivity contribution in [3.05, 3.63) is 78.4 Å². The summed E-state index contributed by atoms with van der Waals surface area (Å²) in [7, 11) is 0. The Bertz CT molecular complexity index is 692. The van der Waals surface area contributed by atoms with Crippen LogP contribution in [-0.4, -0.2) is 9.78 Å². The highest BCUT2D eigenvalue weighted by molar-refractivity contribution is 5.57. The van der Waals surface area contributed by atoms with E-state index in [0.29, 0.717) is 12.2 Å². The van der Waals surface area contributed by atoms with Gasteiger partial charge in [0.05, 0.1) is 18.4 Å². The van der Waals surface area contributed by atoms with E-state index in [0.717, 1.165) is 5.69 Å². The van der Waals surface area contributed by atoms with Gasteiger partial charge in [-0.2, -0.15) is 5.10 Å². The Hall–Kier alpha value is -2.62. The number of benzene rings is 2. The Morgan fingerprint density at radius 2 is 1.85 bits per heavy atom. The zero-order valence-electron chi connectivity index (χ0n) is 10.8. The fourth-order valence-corrected chi connectivity index (χ4v) is 2.02. The van der Waals surface area contributed by atoms with Crippen molar-refractivity contribution in [2.75, 3.05) is 5.32 Å². The number of hydrogen-bond acceptors (Lipinski definition) is 2. The van der Waals surface area contributed by atoms with E-state index in [1.54, 1.807) is 12.3 Å². The highest BCUT2D eigenvalue weighted by Gasteiger charge is 2.01. The van der Waals surface area contributed by atoms with E-state index in [4.69, 9.17) is 0 Å². The lowest BCUT2D eigenvalue weighted by atomic mass is 10.2. The second kappa shape index (κ2) is 5.57. The summed E-state index contributed by atoms with van der Waals surface area (Å²) in [4.78, 5) is 0. The topological polar surface area (TPSA) is 29.9 Å². The fraction of sp³-hybridized carbons (Fsp3) is 0.0625. The molecule has 100 valence electrons. The van der Waals surface area contributed by atoms with Gasteiger partial charge in [-0.1, -0.05) is 36.4 Å². The average molecular weight is 267 g/mol. The van der Waals surface area contributed by atoms with Gasteiger partial charge < -0.3 is 5.32 Å². The third kappa shape index (κ3) is 3.03. The lowest BCUT2D eigenvalue weighted by molar-refractivity contribution is 0.628. The first-order chi connectivity index (χ1) is 9.79. The zero-order valence-corrected chi connectivity index (χ0v) is 10.8. The van der Waals surface area contributed by atoms with Gasteiger partial charge in [0.1, 0.15) is 5.82 Å². The highest BCUT2D eigenvalue weighted by Crippen LogP contribution is 2.16. The number of hydrogen-bond donors (Lipinski definition) is 1. The summed E-state index contributed by atoms with van der Waals surface area (Å²) >= 11 is 0. The van der Waals surface area contributed by atoms with Crippen molar-refractivity contribution in [1.82, 2.24) is 9.78 Å². The van der Waals surface area contributed by atoms with Gasteiger partial charge in [0, 0.05) is 11.9 Å². The Labute approximate surface area is 116 Å². The largest absolute Gasteiger partial charge is 0.353 e. The summed E-state index contributed by atoms with van der Waals surface area (Å²) in [5.41, 5.74) is 2.74. The van der Waals surface area contributed by atoms with Crippen molar-refractivity contribution in [3.8, 4) is 0 Å². The second-order valence-electron chi connectivity index (χ2n) is 4.55. The summed E-state index contributed by atoms with van der Waals surface area (Å²) < 4.78 is 14.9. The van der Waals surface area contributed by atoms with Crippen LogP contribution in [0.5, 0.6) is 0 Å². The summed E-state index contributed by atoms with van der Waals surface area (Å²) in [5.74, 6) is -0.258. The van der Waals surface area contributed by atoms with Gasteiger partial charge in [0.15, 0.2) is 0 Å². The lowest BCUT2D eigenvalue weighted by Gasteiger charge is -2.03. The SMILES string of the molecule is Fc1cccc(Nc2cnn(Cc3ccccc3)c2)c1. The smallest absolute Gasteiger partial charge is 0.125 e. The molecular weight excluding hydrogens is 253 g/mol. The van der Waals surface area contributed by atoms with Gasteiger partial charge in [-0.15, -0.1) is 0 Å². The summed E-state index contributed by atoms with van der Waals surface area (Å²) in [6.07, 6.45) is 3.63. The van der Waals surface area contributed by atoms with Crippen molar-refractivity contribution in [3.63, 3.8) is 0 Å². The minimum atomic E-state index is -0.258. The van der Waals surface area contributed by atoms with E-state index in [9.17, 15) is 4.39 Å². The van der Waals surface area contributed by atoms with E-state index < -0.39 is 0 Å². The molecule has 0 aliphatic heterocycles. The number of nitrogens with zero attached hydrogens (tertiary/aromatic N) is 2. The van der Waals surface area contributed by atoms with E-state index >= 15 is 0 Å². The van der Waals surface area contributed by atoms with Gasteiger partial charge in [-0.05, 0) is 23.8 Å². The van der Waals surface area contributed by atoms with Crippen LogP contribution in [-0.2, 0) is 6.54 Å². The average Bonchev–Trinajstić information content (AvgIpc) is 2.87. The molecule has 0 fully saturated rings. The van der Waals surface area contributed by atoms with Gasteiger partial charge >= 0.3 is 0 Å². The van der Waals surface area contributed by atoms with Crippen molar-refractivity contribution in [2.24, 2.45) is 0 Å². The van der Waals surface area contributed by atoms with Crippen molar-refractivity contribution >= 4 is 11.4 Å². The van der Waals surface area contributed by atoms with Crippen molar-refractivity contribution in [1.29, 1.82) is 0 Å². The summed E-state index contributed by atoms with van der Waals surface area (Å²) in [6, 6.07) is 16.5. The molecule has 0 saturated heterocycles.